The number of fused-ring (bicyclic) bond motifs is 3. The Balaban J connectivity index is 1.76. The molecular formula is C20H20N2S. The van der Waals surface area contributed by atoms with E-state index in [1.165, 1.54) is 21.6 Å². The summed E-state index contributed by atoms with van der Waals surface area (Å²) in [5, 5.41) is 8.16. The summed E-state index contributed by atoms with van der Waals surface area (Å²) in [5.74, 6) is 0.151. The summed E-state index contributed by atoms with van der Waals surface area (Å²) >= 11 is 2.00. The number of thioether (sulfide) groups is 1. The lowest BCUT2D eigenvalue weighted by atomic mass is 9.75. The second-order valence-corrected chi connectivity index (χ2v) is 7.82. The molecule has 2 unspecified atom stereocenters. The van der Waals surface area contributed by atoms with Gasteiger partial charge in [0.2, 0.25) is 0 Å². The Morgan fingerprint density at radius 1 is 1.39 bits per heavy atom. The Morgan fingerprint density at radius 2 is 2.26 bits per heavy atom. The second-order valence-electron chi connectivity index (χ2n) is 6.60. The third kappa shape index (κ3) is 2.31. The van der Waals surface area contributed by atoms with Crippen LogP contribution < -0.4 is 5.73 Å². The zero-order valence-electron chi connectivity index (χ0n) is 13.2. The molecule has 0 fully saturated rings. The van der Waals surface area contributed by atoms with Crippen LogP contribution in [-0.2, 0) is 5.41 Å². The summed E-state index contributed by atoms with van der Waals surface area (Å²) in [6.07, 6.45) is 15.0. The maximum absolute atomic E-state index is 7.59. The highest BCUT2D eigenvalue weighted by molar-refractivity contribution is 8.01. The summed E-state index contributed by atoms with van der Waals surface area (Å²) in [6.45, 7) is 2.28. The molecule has 2 aliphatic carbocycles. The lowest BCUT2D eigenvalue weighted by molar-refractivity contribution is 0.586. The molecule has 3 aliphatic rings. The zero-order chi connectivity index (χ0) is 16.0. The minimum Gasteiger partial charge on any atom is -0.384 e. The highest BCUT2D eigenvalue weighted by atomic mass is 32.2. The van der Waals surface area contributed by atoms with Gasteiger partial charge in [0.1, 0.15) is 5.84 Å². The Kier molecular flexibility index (Phi) is 3.34. The Morgan fingerprint density at radius 3 is 3.00 bits per heavy atom. The van der Waals surface area contributed by atoms with Gasteiger partial charge in [-0.15, -0.1) is 11.8 Å². The first-order valence-electron chi connectivity index (χ1n) is 7.99. The fourth-order valence-electron chi connectivity index (χ4n) is 3.60. The van der Waals surface area contributed by atoms with E-state index in [4.69, 9.17) is 11.1 Å². The average molecular weight is 320 g/mol. The third-order valence-electron chi connectivity index (χ3n) is 5.00. The number of nitrogens with two attached hydrogens (primary N) is 1. The molecule has 0 bridgehead atoms. The fraction of sp³-hybridized carbons (Fsp3) is 0.250. The van der Waals surface area contributed by atoms with Crippen LogP contribution in [0.3, 0.4) is 0 Å². The molecule has 0 saturated heterocycles. The summed E-state index contributed by atoms with van der Waals surface area (Å²) in [7, 11) is 0. The van der Waals surface area contributed by atoms with Gasteiger partial charge in [-0.3, -0.25) is 5.41 Å². The van der Waals surface area contributed by atoms with Crippen molar-refractivity contribution in [3.63, 3.8) is 0 Å². The van der Waals surface area contributed by atoms with Crippen molar-refractivity contribution in [2.45, 2.75) is 35.3 Å². The number of amidine groups is 1. The van der Waals surface area contributed by atoms with Crippen molar-refractivity contribution in [3.8, 4) is 0 Å². The molecule has 2 nitrogen and oxygen atoms in total. The highest BCUT2D eigenvalue weighted by Crippen LogP contribution is 2.52. The van der Waals surface area contributed by atoms with E-state index in [0.717, 1.165) is 18.4 Å². The molecule has 0 amide bonds. The van der Waals surface area contributed by atoms with Crippen LogP contribution in [-0.4, -0.2) is 11.1 Å². The van der Waals surface area contributed by atoms with Crippen LogP contribution >= 0.6 is 11.8 Å². The maximum Gasteiger partial charge on any atom is 0.122 e. The van der Waals surface area contributed by atoms with E-state index in [1.807, 2.05) is 17.8 Å². The van der Waals surface area contributed by atoms with Crippen LogP contribution in [0.25, 0.3) is 5.57 Å². The van der Waals surface area contributed by atoms with Crippen molar-refractivity contribution in [3.05, 3.63) is 71.4 Å². The van der Waals surface area contributed by atoms with Crippen LogP contribution in [0.2, 0.25) is 0 Å². The number of hydrogen-bond acceptors (Lipinski definition) is 2. The Bertz CT molecular complexity index is 813. The molecule has 0 saturated carbocycles. The fourth-order valence-corrected chi connectivity index (χ4v) is 5.16. The SMILES string of the molecule is CC1(c2cccc3c2SC2CC=CC=C32)C=CC(C(=N)N)=CC1. The molecule has 4 rings (SSSR count). The van der Waals surface area contributed by atoms with E-state index in [9.17, 15) is 0 Å². The van der Waals surface area contributed by atoms with Gasteiger partial charge in [-0.1, -0.05) is 61.6 Å². The average Bonchev–Trinajstić information content (AvgIpc) is 2.93. The summed E-state index contributed by atoms with van der Waals surface area (Å²) < 4.78 is 0. The topological polar surface area (TPSA) is 49.9 Å². The number of nitrogens with one attached hydrogen (secondary N) is 1. The molecule has 0 spiro atoms. The Labute approximate surface area is 141 Å². The molecule has 1 aromatic carbocycles. The minimum atomic E-state index is -0.0290. The van der Waals surface area contributed by atoms with E-state index in [-0.39, 0.29) is 11.3 Å². The monoisotopic (exact) mass is 320 g/mol. The molecule has 1 aliphatic heterocycles. The molecule has 1 aromatic rings. The molecule has 1 heterocycles. The zero-order valence-corrected chi connectivity index (χ0v) is 14.0. The number of hydrogen-bond donors (Lipinski definition) is 2. The van der Waals surface area contributed by atoms with Crippen molar-refractivity contribution in [2.75, 3.05) is 0 Å². The molecule has 116 valence electrons. The molecule has 3 heteroatoms. The van der Waals surface area contributed by atoms with Gasteiger partial charge in [0.25, 0.3) is 0 Å². The van der Waals surface area contributed by atoms with Gasteiger partial charge in [-0.25, -0.2) is 0 Å². The number of allylic oxidation sites excluding steroid dienone is 5. The van der Waals surface area contributed by atoms with Crippen molar-refractivity contribution in [1.82, 2.24) is 0 Å². The maximum atomic E-state index is 7.59. The quantitative estimate of drug-likeness (QED) is 0.619. The Hall–Kier alpha value is -2.00. The van der Waals surface area contributed by atoms with Crippen LogP contribution in [0.1, 0.15) is 30.9 Å². The first-order valence-corrected chi connectivity index (χ1v) is 8.87. The second kappa shape index (κ2) is 5.27. The predicted molar refractivity (Wildman–Crippen MR) is 98.9 cm³/mol. The van der Waals surface area contributed by atoms with Crippen LogP contribution in [0.5, 0.6) is 0 Å². The first kappa shape index (κ1) is 14.6. The van der Waals surface area contributed by atoms with E-state index < -0.39 is 0 Å². The number of rotatable bonds is 2. The van der Waals surface area contributed by atoms with Gasteiger partial charge in [0.15, 0.2) is 0 Å². The van der Waals surface area contributed by atoms with Crippen LogP contribution in [0.15, 0.2) is 65.1 Å². The van der Waals surface area contributed by atoms with Crippen molar-refractivity contribution in [1.29, 1.82) is 5.41 Å². The van der Waals surface area contributed by atoms with Crippen molar-refractivity contribution < 1.29 is 0 Å². The van der Waals surface area contributed by atoms with Crippen molar-refractivity contribution in [2.24, 2.45) is 5.73 Å². The largest absolute Gasteiger partial charge is 0.384 e. The lowest BCUT2D eigenvalue weighted by Crippen LogP contribution is -2.24. The standard InChI is InChI=1S/C20H20N2S/c1-20(11-9-13(10-12-20)19(21)22)16-7-4-6-15-14-5-2-3-8-17(14)23-18(15)16/h2-7,9-11,17H,8,12H2,1H3,(H3,21,22). The smallest absolute Gasteiger partial charge is 0.122 e. The molecule has 3 N–H and O–H groups in total. The van der Waals surface area contributed by atoms with E-state index in [1.54, 1.807) is 0 Å². The van der Waals surface area contributed by atoms with Crippen molar-refractivity contribution >= 4 is 23.2 Å². The van der Waals surface area contributed by atoms with E-state index in [2.05, 4.69) is 55.5 Å². The molecule has 0 aromatic heterocycles. The van der Waals surface area contributed by atoms with Crippen LogP contribution in [0, 0.1) is 5.41 Å². The molecular weight excluding hydrogens is 300 g/mol. The van der Waals surface area contributed by atoms with Gasteiger partial charge >= 0.3 is 0 Å². The molecule has 0 radical (unpaired) electrons. The van der Waals surface area contributed by atoms with Gasteiger partial charge in [-0.2, -0.15) is 0 Å². The van der Waals surface area contributed by atoms with E-state index >= 15 is 0 Å². The molecule has 2 atom stereocenters. The highest BCUT2D eigenvalue weighted by Gasteiger charge is 2.35. The minimum absolute atomic E-state index is 0.0290. The first-order chi connectivity index (χ1) is 11.1. The summed E-state index contributed by atoms with van der Waals surface area (Å²) in [4.78, 5) is 1.43. The molecule has 23 heavy (non-hydrogen) atoms. The van der Waals surface area contributed by atoms with Crippen LogP contribution in [0.4, 0.5) is 0 Å². The van der Waals surface area contributed by atoms with Gasteiger partial charge in [-0.05, 0) is 29.5 Å². The van der Waals surface area contributed by atoms with Gasteiger partial charge < -0.3 is 5.73 Å². The normalized spacial score (nSPS) is 28.0. The van der Waals surface area contributed by atoms with E-state index in [0.29, 0.717) is 5.25 Å². The number of benzene rings is 1. The van der Waals surface area contributed by atoms with Gasteiger partial charge in [0.05, 0.1) is 0 Å². The lowest BCUT2D eigenvalue weighted by Gasteiger charge is -2.30. The van der Waals surface area contributed by atoms with Gasteiger partial charge in [0, 0.05) is 21.1 Å². The summed E-state index contributed by atoms with van der Waals surface area (Å²) in [5.41, 5.74) is 10.7. The predicted octanol–water partition coefficient (Wildman–Crippen LogP) is 4.58. The third-order valence-corrected chi connectivity index (χ3v) is 6.40. The summed E-state index contributed by atoms with van der Waals surface area (Å²) in [6, 6.07) is 6.69.